The predicted octanol–water partition coefficient (Wildman–Crippen LogP) is 4.05. The molecule has 3 rings (SSSR count). The molecular weight excluding hydrogens is 272 g/mol. The molecule has 0 spiro atoms. The molecule has 4 heteroatoms. The Balaban J connectivity index is 2.27. The van der Waals surface area contributed by atoms with Crippen molar-refractivity contribution in [3.8, 4) is 11.3 Å². The highest BCUT2D eigenvalue weighted by molar-refractivity contribution is 9.10. The number of nitrogens with one attached hydrogen (secondary N) is 1. The Labute approximate surface area is 99.1 Å². The van der Waals surface area contributed by atoms with Gasteiger partial charge in [-0.1, -0.05) is 18.2 Å². The number of hydrogen-bond donors (Lipinski definition) is 1. The minimum atomic E-state index is 0.771. The van der Waals surface area contributed by atoms with E-state index >= 15 is 0 Å². The van der Waals surface area contributed by atoms with E-state index < -0.39 is 0 Å². The fourth-order valence-corrected chi connectivity index (χ4v) is 2.90. The highest BCUT2D eigenvalue weighted by atomic mass is 79.9. The van der Waals surface area contributed by atoms with Crippen molar-refractivity contribution in [1.29, 1.82) is 0 Å². The monoisotopic (exact) mass is 278 g/mol. The number of H-pyrrole nitrogens is 1. The molecule has 0 radical (unpaired) electrons. The molecule has 2 nitrogen and oxygen atoms in total. The molecule has 1 N–H and O–H groups in total. The van der Waals surface area contributed by atoms with Crippen LogP contribution in [0.1, 0.15) is 0 Å². The van der Waals surface area contributed by atoms with Crippen molar-refractivity contribution in [3.63, 3.8) is 0 Å². The molecule has 0 saturated heterocycles. The summed E-state index contributed by atoms with van der Waals surface area (Å²) >= 11 is 5.07. The molecule has 0 aliphatic rings. The smallest absolute Gasteiger partial charge is 0.174 e. The third kappa shape index (κ3) is 1.50. The van der Waals surface area contributed by atoms with Gasteiger partial charge >= 0.3 is 0 Å². The van der Waals surface area contributed by atoms with Gasteiger partial charge in [0.05, 0.1) is 11.9 Å². The van der Waals surface area contributed by atoms with E-state index in [2.05, 4.69) is 55.5 Å². The van der Waals surface area contributed by atoms with Gasteiger partial charge in [-0.3, -0.25) is 0 Å². The van der Waals surface area contributed by atoms with Crippen LogP contribution in [0.2, 0.25) is 0 Å². The molecule has 0 unspecified atom stereocenters. The van der Waals surface area contributed by atoms with Crippen molar-refractivity contribution < 1.29 is 0 Å². The lowest BCUT2D eigenvalue weighted by atomic mass is 10.1. The van der Waals surface area contributed by atoms with Crippen molar-refractivity contribution in [1.82, 2.24) is 9.97 Å². The standard InChI is InChI=1S/C11H7BrN2S/c12-11-13-5-9(14-11)8-6-15-10-4-2-1-3-7(8)10/h1-6H,(H,13,14). The van der Waals surface area contributed by atoms with Gasteiger partial charge in [-0.2, -0.15) is 0 Å². The van der Waals surface area contributed by atoms with Crippen LogP contribution < -0.4 is 0 Å². The Morgan fingerprint density at radius 1 is 1.27 bits per heavy atom. The van der Waals surface area contributed by atoms with Crippen LogP contribution in [0.25, 0.3) is 21.3 Å². The van der Waals surface area contributed by atoms with Gasteiger partial charge in [0.25, 0.3) is 0 Å². The second-order valence-corrected chi connectivity index (χ2v) is 4.90. The Bertz CT molecular complexity index is 612. The predicted molar refractivity (Wildman–Crippen MR) is 67.1 cm³/mol. The minimum Gasteiger partial charge on any atom is -0.332 e. The molecule has 0 atom stereocenters. The van der Waals surface area contributed by atoms with E-state index in [9.17, 15) is 0 Å². The maximum absolute atomic E-state index is 4.15. The summed E-state index contributed by atoms with van der Waals surface area (Å²) in [5.41, 5.74) is 2.27. The lowest BCUT2D eigenvalue weighted by Crippen LogP contribution is -1.73. The van der Waals surface area contributed by atoms with Crippen molar-refractivity contribution >= 4 is 37.4 Å². The normalized spacial score (nSPS) is 11.0. The molecule has 1 aromatic carbocycles. The van der Waals surface area contributed by atoms with Gasteiger partial charge in [-0.05, 0) is 22.0 Å². The van der Waals surface area contributed by atoms with E-state index in [0.29, 0.717) is 0 Å². The first-order chi connectivity index (χ1) is 7.34. The first-order valence-electron chi connectivity index (χ1n) is 4.52. The average molecular weight is 279 g/mol. The van der Waals surface area contributed by atoms with Gasteiger partial charge < -0.3 is 4.98 Å². The Kier molecular flexibility index (Phi) is 2.11. The van der Waals surface area contributed by atoms with Crippen LogP contribution in [0.4, 0.5) is 0 Å². The number of nitrogens with zero attached hydrogens (tertiary/aromatic N) is 1. The van der Waals surface area contributed by atoms with Crippen molar-refractivity contribution in [3.05, 3.63) is 40.6 Å². The lowest BCUT2D eigenvalue weighted by Gasteiger charge is -1.93. The number of hydrogen-bond acceptors (Lipinski definition) is 2. The number of thiophene rings is 1. The molecule has 0 amide bonds. The molecule has 0 bridgehead atoms. The quantitative estimate of drug-likeness (QED) is 0.715. The van der Waals surface area contributed by atoms with E-state index in [-0.39, 0.29) is 0 Å². The topological polar surface area (TPSA) is 28.7 Å². The molecule has 3 aromatic rings. The third-order valence-corrected chi connectivity index (χ3v) is 3.68. The van der Waals surface area contributed by atoms with Crippen LogP contribution in [0.5, 0.6) is 0 Å². The fraction of sp³-hybridized carbons (Fsp3) is 0. The largest absolute Gasteiger partial charge is 0.332 e. The van der Waals surface area contributed by atoms with Gasteiger partial charge in [-0.25, -0.2) is 4.98 Å². The summed E-state index contributed by atoms with van der Waals surface area (Å²) in [6, 6.07) is 8.39. The van der Waals surface area contributed by atoms with Gasteiger partial charge in [0.1, 0.15) is 0 Å². The molecular formula is C11H7BrN2S. The second kappa shape index (κ2) is 3.47. The SMILES string of the molecule is Brc1ncc(-c2csc3ccccc23)[nH]1. The fourth-order valence-electron chi connectivity index (χ4n) is 1.62. The molecule has 0 aliphatic carbocycles. The van der Waals surface area contributed by atoms with Crippen LogP contribution in [-0.4, -0.2) is 9.97 Å². The molecule has 0 saturated carbocycles. The third-order valence-electron chi connectivity index (χ3n) is 2.32. The summed E-state index contributed by atoms with van der Waals surface area (Å²) in [6.45, 7) is 0. The number of rotatable bonds is 1. The van der Waals surface area contributed by atoms with E-state index in [1.807, 2.05) is 6.20 Å². The minimum absolute atomic E-state index is 0.771. The van der Waals surface area contributed by atoms with Crippen molar-refractivity contribution in [2.45, 2.75) is 0 Å². The van der Waals surface area contributed by atoms with Crippen LogP contribution >= 0.6 is 27.3 Å². The summed E-state index contributed by atoms with van der Waals surface area (Å²) in [4.78, 5) is 7.33. The number of imidazole rings is 1. The Hall–Kier alpha value is -1.13. The summed E-state index contributed by atoms with van der Waals surface area (Å²) < 4.78 is 2.08. The van der Waals surface area contributed by atoms with Crippen LogP contribution in [0.15, 0.2) is 40.6 Å². The summed E-state index contributed by atoms with van der Waals surface area (Å²) in [7, 11) is 0. The van der Waals surface area contributed by atoms with Gasteiger partial charge in [0.15, 0.2) is 4.73 Å². The molecule has 2 heterocycles. The first kappa shape index (κ1) is 9.12. The number of aromatic nitrogens is 2. The average Bonchev–Trinajstić information content (AvgIpc) is 2.83. The first-order valence-corrected chi connectivity index (χ1v) is 6.19. The molecule has 2 aromatic heterocycles. The highest BCUT2D eigenvalue weighted by Gasteiger charge is 2.07. The maximum atomic E-state index is 4.15. The van der Waals surface area contributed by atoms with Crippen molar-refractivity contribution in [2.75, 3.05) is 0 Å². The molecule has 0 aliphatic heterocycles. The van der Waals surface area contributed by atoms with E-state index in [4.69, 9.17) is 0 Å². The zero-order valence-corrected chi connectivity index (χ0v) is 10.1. The number of fused-ring (bicyclic) bond motifs is 1. The summed E-state index contributed by atoms with van der Waals surface area (Å²) in [5.74, 6) is 0. The van der Waals surface area contributed by atoms with Crippen molar-refractivity contribution in [2.24, 2.45) is 0 Å². The second-order valence-electron chi connectivity index (χ2n) is 3.23. The number of benzene rings is 1. The van der Waals surface area contributed by atoms with Crippen LogP contribution in [-0.2, 0) is 0 Å². The zero-order chi connectivity index (χ0) is 10.3. The van der Waals surface area contributed by atoms with Gasteiger partial charge in [0.2, 0.25) is 0 Å². The number of halogens is 1. The highest BCUT2D eigenvalue weighted by Crippen LogP contribution is 2.32. The molecule has 74 valence electrons. The van der Waals surface area contributed by atoms with Gasteiger partial charge in [-0.15, -0.1) is 11.3 Å². The Morgan fingerprint density at radius 3 is 2.93 bits per heavy atom. The summed E-state index contributed by atoms with van der Waals surface area (Å²) in [6.07, 6.45) is 1.85. The summed E-state index contributed by atoms with van der Waals surface area (Å²) in [5, 5.41) is 3.43. The van der Waals surface area contributed by atoms with Gasteiger partial charge in [0, 0.05) is 21.0 Å². The van der Waals surface area contributed by atoms with E-state index in [0.717, 1.165) is 10.4 Å². The molecule has 15 heavy (non-hydrogen) atoms. The lowest BCUT2D eigenvalue weighted by molar-refractivity contribution is 1.24. The van der Waals surface area contributed by atoms with Crippen LogP contribution in [0, 0.1) is 0 Å². The van der Waals surface area contributed by atoms with Crippen LogP contribution in [0.3, 0.4) is 0 Å². The number of aromatic amines is 1. The van der Waals surface area contributed by atoms with E-state index in [1.165, 1.54) is 15.6 Å². The molecule has 0 fully saturated rings. The maximum Gasteiger partial charge on any atom is 0.174 e. The Morgan fingerprint density at radius 2 is 2.13 bits per heavy atom. The zero-order valence-electron chi connectivity index (χ0n) is 7.70. The van der Waals surface area contributed by atoms with E-state index in [1.54, 1.807) is 11.3 Å².